The Hall–Kier alpha value is -4.49. The van der Waals surface area contributed by atoms with Crippen LogP contribution in [0, 0.1) is 5.82 Å². The third kappa shape index (κ3) is 3.61. The Labute approximate surface area is 206 Å². The molecule has 2 aliphatic heterocycles. The number of nitrogens with two attached hydrogens (primary N) is 1. The Morgan fingerprint density at radius 3 is 2.31 bits per heavy atom. The van der Waals surface area contributed by atoms with Crippen molar-refractivity contribution in [1.29, 1.82) is 0 Å². The van der Waals surface area contributed by atoms with E-state index >= 15 is 0 Å². The molecule has 2 atom stereocenters. The summed E-state index contributed by atoms with van der Waals surface area (Å²) in [5.74, 6) is -0.426. The first-order valence-corrected chi connectivity index (χ1v) is 11.6. The van der Waals surface area contributed by atoms with Crippen molar-refractivity contribution in [1.82, 2.24) is 5.32 Å². The number of nitrogens with zero attached hydrogens (tertiary/aromatic N) is 1. The van der Waals surface area contributed by atoms with E-state index in [2.05, 4.69) is 10.5 Å². The van der Waals surface area contributed by atoms with Crippen molar-refractivity contribution in [3.63, 3.8) is 0 Å². The minimum atomic E-state index is -0.286. The van der Waals surface area contributed by atoms with Crippen LogP contribution in [-0.2, 0) is 11.3 Å². The molecule has 0 saturated carbocycles. The molecule has 2 heterocycles. The quantitative estimate of drug-likeness (QED) is 0.162. The van der Waals surface area contributed by atoms with Crippen LogP contribution in [0.2, 0.25) is 0 Å². The first-order valence-electron chi connectivity index (χ1n) is 11.6. The van der Waals surface area contributed by atoms with Gasteiger partial charge in [-0.05, 0) is 57.6 Å². The van der Waals surface area contributed by atoms with E-state index < -0.39 is 0 Å². The average molecular weight is 480 g/mol. The average Bonchev–Trinajstić information content (AvgIpc) is 3.48. The van der Waals surface area contributed by atoms with Crippen LogP contribution in [0.15, 0.2) is 90.1 Å². The molecule has 0 aromatic heterocycles. The van der Waals surface area contributed by atoms with Crippen molar-refractivity contribution in [3.05, 3.63) is 130 Å². The molecule has 36 heavy (non-hydrogen) atoms. The van der Waals surface area contributed by atoms with Gasteiger partial charge in [0.1, 0.15) is 18.0 Å². The summed E-state index contributed by atoms with van der Waals surface area (Å²) >= 11 is 0. The van der Waals surface area contributed by atoms with Gasteiger partial charge in [-0.3, -0.25) is 4.79 Å². The normalized spacial score (nSPS) is 17.5. The molecule has 4 aromatic rings. The Kier molecular flexibility index (Phi) is 5.27. The molecule has 0 fully saturated rings. The summed E-state index contributed by atoms with van der Waals surface area (Å²) < 4.78 is 20.6. The second kappa shape index (κ2) is 8.62. The fraction of sp³-hybridized carbons (Fsp3) is 0.103. The lowest BCUT2D eigenvalue weighted by Gasteiger charge is -2.18. The minimum absolute atomic E-state index is 0.0304. The highest BCUT2D eigenvalue weighted by molar-refractivity contribution is 5.97. The van der Waals surface area contributed by atoms with Gasteiger partial charge in [0.15, 0.2) is 5.84 Å². The van der Waals surface area contributed by atoms with Gasteiger partial charge in [0.2, 0.25) is 0 Å². The van der Waals surface area contributed by atoms with E-state index in [0.717, 1.165) is 33.4 Å². The van der Waals surface area contributed by atoms with E-state index in [0.29, 0.717) is 23.2 Å². The molecule has 4 aromatic carbocycles. The summed E-state index contributed by atoms with van der Waals surface area (Å²) in [6.45, 7) is 0.337. The molecule has 7 heteroatoms. The number of halogens is 1. The predicted molar refractivity (Wildman–Crippen MR) is 133 cm³/mol. The maximum absolute atomic E-state index is 14.4. The number of ether oxygens (including phenoxy) is 1. The van der Waals surface area contributed by atoms with Gasteiger partial charge in [-0.1, -0.05) is 65.8 Å². The molecule has 2 bridgehead atoms. The monoisotopic (exact) mass is 479 g/mol. The van der Waals surface area contributed by atoms with E-state index in [1.165, 1.54) is 6.07 Å². The molecule has 6 rings (SSSR count). The lowest BCUT2D eigenvalue weighted by Crippen LogP contribution is -2.23. The van der Waals surface area contributed by atoms with Crippen LogP contribution in [0.5, 0.6) is 0 Å². The van der Waals surface area contributed by atoms with Crippen molar-refractivity contribution in [2.24, 2.45) is 10.9 Å². The molecule has 1 amide bonds. The summed E-state index contributed by atoms with van der Waals surface area (Å²) in [6, 6.07) is 25.4. The number of hydrogen-bond donors (Lipinski definition) is 3. The highest BCUT2D eigenvalue weighted by Crippen LogP contribution is 2.54. The van der Waals surface area contributed by atoms with E-state index in [4.69, 9.17) is 15.7 Å². The third-order valence-electron chi connectivity index (χ3n) is 6.83. The summed E-state index contributed by atoms with van der Waals surface area (Å²) in [6.07, 6.45) is -0.467. The number of amidine groups is 1. The highest BCUT2D eigenvalue weighted by atomic mass is 19.1. The number of nitrogens with one attached hydrogen (secondary N) is 1. The SMILES string of the molecule is NC(=NO)c1ccc(CNC(=O)c2ccc3c(c2)[C@@H]2O[C@H]3c3ccc(-c4ccccc4F)cc32)cc1. The van der Waals surface area contributed by atoms with E-state index in [9.17, 15) is 9.18 Å². The van der Waals surface area contributed by atoms with Gasteiger partial charge < -0.3 is 21.0 Å². The van der Waals surface area contributed by atoms with Crippen LogP contribution in [0.3, 0.4) is 0 Å². The first kappa shape index (κ1) is 22.0. The Morgan fingerprint density at radius 1 is 0.889 bits per heavy atom. The number of fused-ring (bicyclic) bond motifs is 8. The zero-order valence-electron chi connectivity index (χ0n) is 19.1. The van der Waals surface area contributed by atoms with Gasteiger partial charge in [0.05, 0.1) is 0 Å². The van der Waals surface area contributed by atoms with Gasteiger partial charge in [-0.15, -0.1) is 0 Å². The standard InChI is InChI=1S/C29H22FN3O3/c30-25-4-2-1-3-20(25)18-9-11-21-23(13-18)27-24-14-19(10-12-22(24)26(21)36-27)29(34)32-15-16-5-7-17(8-6-16)28(31)33-35/h1-14,26-27,35H,15H2,(H2,31,33)(H,32,34)/t26-,27+/m0/s1. The topological polar surface area (TPSA) is 96.9 Å². The summed E-state index contributed by atoms with van der Waals surface area (Å²) in [5, 5.41) is 14.7. The maximum Gasteiger partial charge on any atom is 0.251 e. The Morgan fingerprint density at radius 2 is 1.56 bits per heavy atom. The van der Waals surface area contributed by atoms with E-state index in [1.54, 1.807) is 24.3 Å². The Bertz CT molecular complexity index is 1530. The lowest BCUT2D eigenvalue weighted by molar-refractivity contribution is 0.0857. The molecule has 0 unspecified atom stereocenters. The third-order valence-corrected chi connectivity index (χ3v) is 6.83. The molecule has 0 saturated heterocycles. The number of rotatable bonds is 5. The van der Waals surface area contributed by atoms with Crippen molar-refractivity contribution in [2.45, 2.75) is 18.8 Å². The van der Waals surface area contributed by atoms with Crippen LogP contribution in [0.4, 0.5) is 4.39 Å². The number of oxime groups is 1. The van der Waals surface area contributed by atoms with Crippen LogP contribution in [0.1, 0.15) is 55.9 Å². The van der Waals surface area contributed by atoms with Crippen molar-refractivity contribution in [3.8, 4) is 11.1 Å². The van der Waals surface area contributed by atoms with Crippen LogP contribution >= 0.6 is 0 Å². The molecular weight excluding hydrogens is 457 g/mol. The molecule has 6 nitrogen and oxygen atoms in total. The van der Waals surface area contributed by atoms with Crippen molar-refractivity contribution in [2.75, 3.05) is 0 Å². The smallest absolute Gasteiger partial charge is 0.251 e. The van der Waals surface area contributed by atoms with Gasteiger partial charge >= 0.3 is 0 Å². The maximum atomic E-state index is 14.4. The summed E-state index contributed by atoms with van der Waals surface area (Å²) in [5.41, 5.74) is 13.1. The van der Waals surface area contributed by atoms with Crippen LogP contribution in [-0.4, -0.2) is 17.0 Å². The van der Waals surface area contributed by atoms with Crippen molar-refractivity contribution >= 4 is 11.7 Å². The number of amides is 1. The fourth-order valence-corrected chi connectivity index (χ4v) is 4.99. The van der Waals surface area contributed by atoms with Gasteiger partial charge in [-0.25, -0.2) is 4.39 Å². The number of benzene rings is 4. The number of carbonyl (C=O) groups is 1. The second-order valence-corrected chi connectivity index (χ2v) is 8.93. The molecule has 178 valence electrons. The lowest BCUT2D eigenvalue weighted by atomic mass is 9.83. The minimum Gasteiger partial charge on any atom is -0.409 e. The zero-order chi connectivity index (χ0) is 24.8. The van der Waals surface area contributed by atoms with E-state index in [-0.39, 0.29) is 29.8 Å². The highest BCUT2D eigenvalue weighted by Gasteiger charge is 2.43. The fourth-order valence-electron chi connectivity index (χ4n) is 4.99. The van der Waals surface area contributed by atoms with Gasteiger partial charge in [0.25, 0.3) is 5.91 Å². The Balaban J connectivity index is 1.22. The zero-order valence-corrected chi connectivity index (χ0v) is 19.1. The molecule has 4 N–H and O–H groups in total. The summed E-state index contributed by atoms with van der Waals surface area (Å²) in [7, 11) is 0. The number of carbonyl (C=O) groups excluding carboxylic acids is 1. The summed E-state index contributed by atoms with van der Waals surface area (Å²) in [4.78, 5) is 12.9. The molecule has 0 spiro atoms. The first-order chi connectivity index (χ1) is 17.5. The molecular formula is C29H22FN3O3. The molecule has 0 aliphatic carbocycles. The van der Waals surface area contributed by atoms with E-state index in [1.807, 2.05) is 54.6 Å². The van der Waals surface area contributed by atoms with Crippen LogP contribution in [0.25, 0.3) is 11.1 Å². The van der Waals surface area contributed by atoms with Crippen LogP contribution < -0.4 is 11.1 Å². The number of hydrogen-bond acceptors (Lipinski definition) is 4. The molecule has 2 aliphatic rings. The largest absolute Gasteiger partial charge is 0.409 e. The van der Waals surface area contributed by atoms with Crippen molar-refractivity contribution < 1.29 is 19.1 Å². The predicted octanol–water partition coefficient (Wildman–Crippen LogP) is 5.04. The van der Waals surface area contributed by atoms with Gasteiger partial charge in [-0.2, -0.15) is 0 Å². The second-order valence-electron chi connectivity index (χ2n) is 8.93. The molecule has 0 radical (unpaired) electrons. The van der Waals surface area contributed by atoms with Gasteiger partial charge in [0, 0.05) is 23.2 Å².